The van der Waals surface area contributed by atoms with E-state index in [2.05, 4.69) is 10.6 Å². The number of anilines is 2. The third-order valence-electron chi connectivity index (χ3n) is 3.58. The fourth-order valence-electron chi connectivity index (χ4n) is 2.21. The van der Waals surface area contributed by atoms with Crippen LogP contribution in [-0.2, 0) is 11.0 Å². The van der Waals surface area contributed by atoms with Crippen LogP contribution in [0.2, 0.25) is 0 Å². The summed E-state index contributed by atoms with van der Waals surface area (Å²) in [7, 11) is 3.01. The number of rotatable bonds is 7. The molecule has 0 spiro atoms. The molecule has 0 aliphatic heterocycles. The van der Waals surface area contributed by atoms with Crippen molar-refractivity contribution >= 4 is 17.3 Å². The summed E-state index contributed by atoms with van der Waals surface area (Å²) < 4.78 is 47.8. The number of nitrogens with one attached hydrogen (secondary N) is 2. The second kappa shape index (κ2) is 8.46. The maximum atomic E-state index is 12.5. The van der Waals surface area contributed by atoms with Gasteiger partial charge < -0.3 is 20.1 Å². The lowest BCUT2D eigenvalue weighted by Crippen LogP contribution is -2.16. The second-order valence-corrected chi connectivity index (χ2v) is 5.37. The highest BCUT2D eigenvalue weighted by Gasteiger charge is 2.29. The molecule has 0 saturated heterocycles. The van der Waals surface area contributed by atoms with E-state index < -0.39 is 11.7 Å². The van der Waals surface area contributed by atoms with Gasteiger partial charge >= 0.3 is 6.18 Å². The van der Waals surface area contributed by atoms with Crippen molar-refractivity contribution < 1.29 is 27.4 Å². The molecule has 0 aromatic heterocycles. The van der Waals surface area contributed by atoms with Gasteiger partial charge in [-0.2, -0.15) is 13.2 Å². The Morgan fingerprint density at radius 2 is 1.73 bits per heavy atom. The van der Waals surface area contributed by atoms with Gasteiger partial charge in [0.1, 0.15) is 11.5 Å². The maximum Gasteiger partial charge on any atom is 0.416 e. The lowest BCUT2D eigenvalue weighted by molar-refractivity contribution is -0.137. The van der Waals surface area contributed by atoms with Gasteiger partial charge in [0.2, 0.25) is 5.91 Å². The molecule has 2 N–H and O–H groups in total. The summed E-state index contributed by atoms with van der Waals surface area (Å²) in [6.07, 6.45) is -4.23. The van der Waals surface area contributed by atoms with Crippen LogP contribution in [0.5, 0.6) is 11.5 Å². The van der Waals surface area contributed by atoms with Crippen molar-refractivity contribution in [2.45, 2.75) is 12.6 Å². The molecule has 0 radical (unpaired) electrons. The molecule has 26 heavy (non-hydrogen) atoms. The molecule has 0 bridgehead atoms. The maximum absolute atomic E-state index is 12.5. The molecule has 140 valence electrons. The number of amides is 1. The van der Waals surface area contributed by atoms with E-state index in [1.807, 2.05) is 0 Å². The van der Waals surface area contributed by atoms with Crippen LogP contribution in [0.4, 0.5) is 24.5 Å². The standard InChI is InChI=1S/C18H19F3N2O3/c1-25-14-7-8-15(16(11-14)26-2)23-17(24)9-10-22-13-5-3-12(4-6-13)18(19,20)21/h3-8,11,22H,9-10H2,1-2H3,(H,23,24). The molecule has 0 saturated carbocycles. The quantitative estimate of drug-likeness (QED) is 0.770. The Kier molecular flexibility index (Phi) is 6.32. The third-order valence-corrected chi connectivity index (χ3v) is 3.58. The van der Waals surface area contributed by atoms with Crippen molar-refractivity contribution in [1.82, 2.24) is 0 Å². The van der Waals surface area contributed by atoms with Crippen molar-refractivity contribution in [1.29, 1.82) is 0 Å². The molecule has 0 atom stereocenters. The van der Waals surface area contributed by atoms with Gasteiger partial charge in [0, 0.05) is 24.7 Å². The van der Waals surface area contributed by atoms with E-state index in [9.17, 15) is 18.0 Å². The molecule has 0 heterocycles. The van der Waals surface area contributed by atoms with Gasteiger partial charge in [0.25, 0.3) is 0 Å². The van der Waals surface area contributed by atoms with Gasteiger partial charge in [-0.3, -0.25) is 4.79 Å². The van der Waals surface area contributed by atoms with E-state index in [0.717, 1.165) is 12.1 Å². The zero-order chi connectivity index (χ0) is 19.2. The van der Waals surface area contributed by atoms with Gasteiger partial charge in [0.15, 0.2) is 0 Å². The SMILES string of the molecule is COc1ccc(NC(=O)CCNc2ccc(C(F)(F)F)cc2)c(OC)c1. The van der Waals surface area contributed by atoms with Crippen LogP contribution < -0.4 is 20.1 Å². The van der Waals surface area contributed by atoms with Crippen molar-refractivity contribution in [2.75, 3.05) is 31.4 Å². The highest BCUT2D eigenvalue weighted by atomic mass is 19.4. The minimum absolute atomic E-state index is 0.135. The van der Waals surface area contributed by atoms with Gasteiger partial charge in [-0.05, 0) is 36.4 Å². The Hall–Kier alpha value is -2.90. The summed E-state index contributed by atoms with van der Waals surface area (Å²) in [5, 5.41) is 5.63. The van der Waals surface area contributed by atoms with Crippen LogP contribution in [0, 0.1) is 0 Å². The van der Waals surface area contributed by atoms with Crippen LogP contribution in [-0.4, -0.2) is 26.7 Å². The van der Waals surface area contributed by atoms with E-state index in [4.69, 9.17) is 9.47 Å². The molecule has 1 amide bonds. The lowest BCUT2D eigenvalue weighted by atomic mass is 10.2. The van der Waals surface area contributed by atoms with Gasteiger partial charge in [-0.25, -0.2) is 0 Å². The van der Waals surface area contributed by atoms with Crippen LogP contribution in [0.15, 0.2) is 42.5 Å². The average Bonchev–Trinajstić information content (AvgIpc) is 2.61. The number of halogens is 3. The molecule has 0 fully saturated rings. The largest absolute Gasteiger partial charge is 0.497 e. The summed E-state index contributed by atoms with van der Waals surface area (Å²) in [5.41, 5.74) is 0.299. The van der Waals surface area contributed by atoms with Crippen molar-refractivity contribution in [2.24, 2.45) is 0 Å². The summed E-state index contributed by atoms with van der Waals surface area (Å²) >= 11 is 0. The number of hydrogen-bond donors (Lipinski definition) is 2. The highest BCUT2D eigenvalue weighted by Crippen LogP contribution is 2.30. The van der Waals surface area contributed by atoms with Crippen LogP contribution in [0.25, 0.3) is 0 Å². The topological polar surface area (TPSA) is 59.6 Å². The van der Waals surface area contributed by atoms with E-state index in [0.29, 0.717) is 22.9 Å². The number of methoxy groups -OCH3 is 2. The van der Waals surface area contributed by atoms with E-state index in [-0.39, 0.29) is 18.9 Å². The normalized spacial score (nSPS) is 11.0. The van der Waals surface area contributed by atoms with Crippen molar-refractivity contribution in [3.8, 4) is 11.5 Å². The molecule has 5 nitrogen and oxygen atoms in total. The number of benzene rings is 2. The Morgan fingerprint density at radius 3 is 2.31 bits per heavy atom. The first-order valence-electron chi connectivity index (χ1n) is 7.76. The molecule has 0 aliphatic rings. The van der Waals surface area contributed by atoms with Gasteiger partial charge in [0.05, 0.1) is 25.5 Å². The first-order valence-corrected chi connectivity index (χ1v) is 7.76. The summed E-state index contributed by atoms with van der Waals surface area (Å²) in [5.74, 6) is 0.810. The molecule has 0 aliphatic carbocycles. The summed E-state index contributed by atoms with van der Waals surface area (Å²) in [6, 6.07) is 9.64. The Bertz CT molecular complexity index is 746. The minimum Gasteiger partial charge on any atom is -0.497 e. The zero-order valence-corrected chi connectivity index (χ0v) is 14.3. The van der Waals surface area contributed by atoms with E-state index in [1.54, 1.807) is 18.2 Å². The predicted octanol–water partition coefficient (Wildman–Crippen LogP) is 4.16. The highest BCUT2D eigenvalue weighted by molar-refractivity contribution is 5.92. The molecule has 2 aromatic carbocycles. The molecule has 0 unspecified atom stereocenters. The minimum atomic E-state index is -4.37. The zero-order valence-electron chi connectivity index (χ0n) is 14.3. The monoisotopic (exact) mass is 368 g/mol. The second-order valence-electron chi connectivity index (χ2n) is 5.37. The molecular formula is C18H19F3N2O3. The van der Waals surface area contributed by atoms with Crippen LogP contribution in [0.1, 0.15) is 12.0 Å². The van der Waals surface area contributed by atoms with Crippen molar-refractivity contribution in [3.63, 3.8) is 0 Å². The van der Waals surface area contributed by atoms with E-state index >= 15 is 0 Å². The molecular weight excluding hydrogens is 349 g/mol. The third kappa shape index (κ3) is 5.30. The number of alkyl halides is 3. The fourth-order valence-corrected chi connectivity index (χ4v) is 2.21. The number of ether oxygens (including phenoxy) is 2. The first-order chi connectivity index (χ1) is 12.3. The molecule has 2 aromatic rings. The van der Waals surface area contributed by atoms with Crippen LogP contribution >= 0.6 is 0 Å². The van der Waals surface area contributed by atoms with Crippen molar-refractivity contribution in [3.05, 3.63) is 48.0 Å². The summed E-state index contributed by atoms with van der Waals surface area (Å²) in [4.78, 5) is 12.0. The predicted molar refractivity (Wildman–Crippen MR) is 92.7 cm³/mol. The van der Waals surface area contributed by atoms with E-state index in [1.165, 1.54) is 26.4 Å². The average molecular weight is 368 g/mol. The Balaban J connectivity index is 1.86. The van der Waals surface area contributed by atoms with Gasteiger partial charge in [-0.15, -0.1) is 0 Å². The smallest absolute Gasteiger partial charge is 0.416 e. The number of carbonyl (C=O) groups excluding carboxylic acids is 1. The number of hydrogen-bond acceptors (Lipinski definition) is 4. The van der Waals surface area contributed by atoms with Crippen LogP contribution in [0.3, 0.4) is 0 Å². The molecule has 8 heteroatoms. The van der Waals surface area contributed by atoms with Gasteiger partial charge in [-0.1, -0.05) is 0 Å². The lowest BCUT2D eigenvalue weighted by Gasteiger charge is -2.12. The fraction of sp³-hybridized carbons (Fsp3) is 0.278. The summed E-state index contributed by atoms with van der Waals surface area (Å²) in [6.45, 7) is 0.273. The number of carbonyl (C=O) groups is 1. The Morgan fingerprint density at radius 1 is 1.04 bits per heavy atom. The molecule has 2 rings (SSSR count). The first kappa shape index (κ1) is 19.4. The Labute approximate surface area is 149 Å².